The first kappa shape index (κ1) is 28.6. The van der Waals surface area contributed by atoms with Crippen LogP contribution in [-0.2, 0) is 0 Å². The lowest BCUT2D eigenvalue weighted by Crippen LogP contribution is -2.28. The summed E-state index contributed by atoms with van der Waals surface area (Å²) in [6.07, 6.45) is 14.6. The van der Waals surface area contributed by atoms with Gasteiger partial charge in [-0.05, 0) is 67.6 Å². The third kappa shape index (κ3) is 9.13. The van der Waals surface area contributed by atoms with Gasteiger partial charge in [-0.2, -0.15) is 0 Å². The second-order valence-electron chi connectivity index (χ2n) is 11.5. The van der Waals surface area contributed by atoms with Crippen LogP contribution in [0.2, 0.25) is 18.1 Å². The molecule has 0 N–H and O–H groups in total. The molecule has 1 atom stereocenters. The molecular formula is C30H49F3OSi. The number of benzene rings is 1. The zero-order valence-corrected chi connectivity index (χ0v) is 23.5. The van der Waals surface area contributed by atoms with Crippen LogP contribution in [0.4, 0.5) is 13.2 Å². The molecule has 1 heterocycles. The zero-order valence-electron chi connectivity index (χ0n) is 22.3. The first-order chi connectivity index (χ1) is 17.0. The van der Waals surface area contributed by atoms with E-state index in [4.69, 9.17) is 4.74 Å². The van der Waals surface area contributed by atoms with E-state index in [0.29, 0.717) is 6.42 Å². The predicted octanol–water partition coefficient (Wildman–Crippen LogP) is 9.75. The molecule has 1 saturated carbocycles. The van der Waals surface area contributed by atoms with Gasteiger partial charge in [0, 0.05) is 8.80 Å². The molecule has 0 unspecified atom stereocenters. The van der Waals surface area contributed by atoms with Gasteiger partial charge in [0.15, 0.2) is 17.4 Å². The van der Waals surface area contributed by atoms with Gasteiger partial charge in [0.05, 0.1) is 0 Å². The molecule has 0 bridgehead atoms. The third-order valence-electron chi connectivity index (χ3n) is 8.82. The normalized spacial score (nSPS) is 26.0. The number of rotatable bonds is 14. The summed E-state index contributed by atoms with van der Waals surface area (Å²) in [6.45, 7) is 4.12. The quantitative estimate of drug-likeness (QED) is 0.179. The summed E-state index contributed by atoms with van der Waals surface area (Å²) in [6, 6.07) is 7.49. The van der Waals surface area contributed by atoms with Crippen LogP contribution in [0.25, 0.3) is 0 Å². The van der Waals surface area contributed by atoms with Crippen LogP contribution >= 0.6 is 0 Å². The Morgan fingerprint density at radius 2 is 1.43 bits per heavy atom. The Hall–Kier alpha value is -0.973. The minimum Gasteiger partial charge on any atom is -0.485 e. The summed E-state index contributed by atoms with van der Waals surface area (Å²) in [5, 5.41) is 0. The Kier molecular flexibility index (Phi) is 12.5. The molecule has 1 aromatic carbocycles. The summed E-state index contributed by atoms with van der Waals surface area (Å²) in [5.41, 5.74) is 0.745. The highest BCUT2D eigenvalue weighted by atomic mass is 28.3. The van der Waals surface area contributed by atoms with Gasteiger partial charge in [-0.15, -0.1) is 0 Å². The number of hydrogen-bond acceptors (Lipinski definition) is 1. The van der Waals surface area contributed by atoms with Crippen molar-refractivity contribution in [2.24, 2.45) is 11.8 Å². The van der Waals surface area contributed by atoms with E-state index >= 15 is 0 Å². The number of halogens is 3. The number of ether oxygens (including phenoxy) is 1. The maximum atomic E-state index is 14.7. The lowest BCUT2D eigenvalue weighted by atomic mass is 9.72. The van der Waals surface area contributed by atoms with Gasteiger partial charge < -0.3 is 4.74 Å². The minimum absolute atomic E-state index is 0.219. The molecule has 1 aromatic rings. The van der Waals surface area contributed by atoms with Crippen molar-refractivity contribution < 1.29 is 17.9 Å². The molecule has 1 aliphatic carbocycles. The first-order valence-electron chi connectivity index (χ1n) is 14.8. The molecule has 200 valence electrons. The molecule has 0 spiro atoms. The Morgan fingerprint density at radius 3 is 2.06 bits per heavy atom. The number of unbranched alkanes of at least 4 members (excludes halogenated alkanes) is 5. The minimum atomic E-state index is -1.19. The Morgan fingerprint density at radius 1 is 0.829 bits per heavy atom. The molecule has 5 heteroatoms. The lowest BCUT2D eigenvalue weighted by Gasteiger charge is -2.37. The molecule has 0 radical (unpaired) electrons. The van der Waals surface area contributed by atoms with E-state index < -0.39 is 32.4 Å². The lowest BCUT2D eigenvalue weighted by molar-refractivity contribution is 0.173. The van der Waals surface area contributed by atoms with Gasteiger partial charge in [0.1, 0.15) is 12.8 Å². The molecular weight excluding hydrogens is 461 g/mol. The molecule has 0 amide bonds. The molecule has 2 fully saturated rings. The predicted molar refractivity (Wildman–Crippen MR) is 144 cm³/mol. The fourth-order valence-electron chi connectivity index (χ4n) is 6.56. The van der Waals surface area contributed by atoms with Crippen LogP contribution in [0.1, 0.15) is 115 Å². The van der Waals surface area contributed by atoms with Crippen molar-refractivity contribution in [1.29, 1.82) is 0 Å². The van der Waals surface area contributed by atoms with E-state index in [1.165, 1.54) is 69.2 Å². The van der Waals surface area contributed by atoms with E-state index in [1.807, 2.05) is 0 Å². The highest BCUT2D eigenvalue weighted by molar-refractivity contribution is 6.58. The van der Waals surface area contributed by atoms with Crippen LogP contribution in [0, 0.1) is 23.5 Å². The number of hydrogen-bond donors (Lipinski definition) is 0. The van der Waals surface area contributed by atoms with Gasteiger partial charge in [-0.1, -0.05) is 89.8 Å². The third-order valence-corrected chi connectivity index (χ3v) is 12.3. The van der Waals surface area contributed by atoms with Crippen molar-refractivity contribution in [3.05, 3.63) is 29.3 Å². The summed E-state index contributed by atoms with van der Waals surface area (Å²) in [5.74, 6) is 0.104. The average molecular weight is 511 g/mol. The van der Waals surface area contributed by atoms with E-state index in [9.17, 15) is 13.2 Å². The van der Waals surface area contributed by atoms with Gasteiger partial charge in [-0.3, -0.25) is 0 Å². The van der Waals surface area contributed by atoms with Crippen molar-refractivity contribution in [1.82, 2.24) is 0 Å². The zero-order chi connectivity index (χ0) is 25.0. The van der Waals surface area contributed by atoms with Crippen LogP contribution in [-0.4, -0.2) is 21.6 Å². The van der Waals surface area contributed by atoms with Gasteiger partial charge >= 0.3 is 0 Å². The largest absolute Gasteiger partial charge is 0.485 e. The Bertz CT molecular complexity index is 703. The second-order valence-corrected chi connectivity index (χ2v) is 14.9. The van der Waals surface area contributed by atoms with E-state index in [0.717, 1.165) is 55.9 Å². The second kappa shape index (κ2) is 15.3. The first-order valence-corrected chi connectivity index (χ1v) is 17.2. The van der Waals surface area contributed by atoms with Crippen molar-refractivity contribution in [2.75, 3.05) is 6.61 Å². The highest BCUT2D eigenvalue weighted by Crippen LogP contribution is 2.44. The van der Waals surface area contributed by atoms with Gasteiger partial charge in [0.2, 0.25) is 0 Å². The Labute approximate surface area is 214 Å². The molecule has 1 aliphatic heterocycles. The van der Waals surface area contributed by atoms with Crippen LogP contribution in [0.3, 0.4) is 0 Å². The molecule has 3 rings (SSSR count). The number of alkyl halides is 1. The van der Waals surface area contributed by atoms with Gasteiger partial charge in [0.25, 0.3) is 0 Å². The summed E-state index contributed by atoms with van der Waals surface area (Å²) >= 11 is 0. The molecule has 1 nitrogen and oxygen atoms in total. The van der Waals surface area contributed by atoms with Crippen molar-refractivity contribution >= 4 is 8.80 Å². The topological polar surface area (TPSA) is 9.23 Å². The summed E-state index contributed by atoms with van der Waals surface area (Å²) < 4.78 is 48.7. The van der Waals surface area contributed by atoms with E-state index in [-0.39, 0.29) is 12.5 Å². The maximum absolute atomic E-state index is 14.7. The van der Waals surface area contributed by atoms with Gasteiger partial charge in [-0.25, -0.2) is 13.2 Å². The average Bonchev–Trinajstić information content (AvgIpc) is 2.87. The molecule has 1 saturated heterocycles. The summed E-state index contributed by atoms with van der Waals surface area (Å²) in [4.78, 5) is 0. The fourth-order valence-corrected chi connectivity index (χ4v) is 10.1. The van der Waals surface area contributed by atoms with Crippen molar-refractivity contribution in [2.45, 2.75) is 134 Å². The summed E-state index contributed by atoms with van der Waals surface area (Å²) in [7, 11) is -0.469. The highest BCUT2D eigenvalue weighted by Gasteiger charge is 2.32. The molecule has 35 heavy (non-hydrogen) atoms. The van der Waals surface area contributed by atoms with Crippen LogP contribution < -0.4 is 4.74 Å². The smallest absolute Gasteiger partial charge is 0.190 e. The molecule has 2 aliphatic rings. The van der Waals surface area contributed by atoms with Crippen molar-refractivity contribution in [3.63, 3.8) is 0 Å². The standard InChI is InChI=1S/C30H49F3OSi/c1-3-5-7-8-10-27(31)22-34-30-28(32)20-26(21-29(30)33)24-13-11-23(12-14-24)25-15-18-35(19-16-25)17-9-6-4-2/h20-21,23-25,27,35H,3-19,22H2,1-2H3/t23-,24-,25-,27-,35-/m0/s1. The SMILES string of the molecule is CCCCCC[C@H](F)COc1c(F)cc([C@H]2CC[C@H]([C@H]3CC[Si@H](CCCCC)CC3)CC2)cc1F. The Balaban J connectivity index is 1.43. The fraction of sp³-hybridized carbons (Fsp3) is 0.800. The monoisotopic (exact) mass is 510 g/mol. The van der Waals surface area contributed by atoms with E-state index in [2.05, 4.69) is 13.8 Å². The van der Waals surface area contributed by atoms with E-state index in [1.54, 1.807) is 6.04 Å². The van der Waals surface area contributed by atoms with Crippen LogP contribution in [0.15, 0.2) is 12.1 Å². The maximum Gasteiger partial charge on any atom is 0.190 e. The van der Waals surface area contributed by atoms with Crippen molar-refractivity contribution in [3.8, 4) is 5.75 Å². The van der Waals surface area contributed by atoms with Crippen LogP contribution in [0.5, 0.6) is 5.75 Å². The molecule has 0 aromatic heterocycles.